The fourth-order valence-corrected chi connectivity index (χ4v) is 7.45. The zero-order chi connectivity index (χ0) is 38.0. The maximum absolute atomic E-state index is 14.5. The summed E-state index contributed by atoms with van der Waals surface area (Å²) in [5, 5.41) is 23.6. The van der Waals surface area contributed by atoms with Gasteiger partial charge in [0.05, 0.1) is 18.5 Å². The van der Waals surface area contributed by atoms with Crippen LogP contribution in [-0.4, -0.2) is 63.1 Å². The third-order valence-electron chi connectivity index (χ3n) is 10.2. The molecule has 4 atom stereocenters. The predicted octanol–water partition coefficient (Wildman–Crippen LogP) is 6.01. The first-order chi connectivity index (χ1) is 26.2. The van der Waals surface area contributed by atoms with Crippen molar-refractivity contribution in [1.29, 1.82) is 0 Å². The Morgan fingerprint density at radius 2 is 1.46 bits per heavy atom. The van der Waals surface area contributed by atoms with Gasteiger partial charge in [-0.2, -0.15) is 0 Å². The molecule has 54 heavy (non-hydrogen) atoms. The van der Waals surface area contributed by atoms with E-state index >= 15 is 0 Å². The summed E-state index contributed by atoms with van der Waals surface area (Å²) in [6, 6.07) is 24.7. The maximum atomic E-state index is 14.5. The van der Waals surface area contributed by atoms with E-state index in [1.807, 2.05) is 78.9 Å². The average molecular weight is 732 g/mol. The number of aliphatic hydroxyl groups excluding tert-OH is 1. The Bertz CT molecular complexity index is 2050. The minimum atomic E-state index is -1.60. The van der Waals surface area contributed by atoms with Gasteiger partial charge in [-0.1, -0.05) is 111 Å². The largest absolute Gasteiger partial charge is 0.461 e. The number of nitrogens with zero attached hydrogens (tertiary/aromatic N) is 1. The number of imidazole rings is 1. The summed E-state index contributed by atoms with van der Waals surface area (Å²) < 4.78 is 5.33. The van der Waals surface area contributed by atoms with Gasteiger partial charge >= 0.3 is 5.97 Å². The van der Waals surface area contributed by atoms with Gasteiger partial charge in [0.2, 0.25) is 17.7 Å². The van der Waals surface area contributed by atoms with E-state index in [4.69, 9.17) is 4.74 Å². The lowest BCUT2D eigenvalue weighted by molar-refractivity contribution is -0.159. The monoisotopic (exact) mass is 731 g/mol. The molecular weight excluding hydrogens is 683 g/mol. The van der Waals surface area contributed by atoms with Crippen molar-refractivity contribution in [1.82, 2.24) is 20.6 Å². The maximum Gasteiger partial charge on any atom is 0.337 e. The van der Waals surface area contributed by atoms with E-state index in [1.165, 1.54) is 6.33 Å². The number of anilines is 1. The van der Waals surface area contributed by atoms with Gasteiger partial charge in [-0.05, 0) is 60.4 Å². The number of esters is 1. The number of amides is 3. The van der Waals surface area contributed by atoms with Gasteiger partial charge in [-0.3, -0.25) is 14.4 Å². The quantitative estimate of drug-likeness (QED) is 0.0651. The molecule has 0 bridgehead atoms. The summed E-state index contributed by atoms with van der Waals surface area (Å²) in [6.45, 7) is 3.39. The first kappa shape index (κ1) is 38.2. The Kier molecular flexibility index (Phi) is 12.7. The number of aliphatic hydroxyl groups is 1. The molecule has 6 rings (SSSR count). The molecule has 5 N–H and O–H groups in total. The molecule has 1 fully saturated rings. The highest BCUT2D eigenvalue weighted by Gasteiger charge is 2.36. The van der Waals surface area contributed by atoms with Crippen LogP contribution < -0.4 is 16.0 Å². The molecule has 0 saturated heterocycles. The number of hydrogen-bond acceptors (Lipinski definition) is 7. The normalized spacial score (nSPS) is 15.6. The third-order valence-corrected chi connectivity index (χ3v) is 10.2. The molecule has 11 nitrogen and oxygen atoms in total. The highest BCUT2D eigenvalue weighted by atomic mass is 16.6. The summed E-state index contributed by atoms with van der Waals surface area (Å²) in [5.74, 6) is -3.64. The van der Waals surface area contributed by atoms with Gasteiger partial charge in [-0.25, -0.2) is 9.78 Å². The summed E-state index contributed by atoms with van der Waals surface area (Å²) in [7, 11) is 0. The predicted molar refractivity (Wildman–Crippen MR) is 208 cm³/mol. The van der Waals surface area contributed by atoms with E-state index in [0.29, 0.717) is 17.8 Å². The fourth-order valence-electron chi connectivity index (χ4n) is 7.45. The smallest absolute Gasteiger partial charge is 0.337 e. The molecule has 0 spiro atoms. The molecule has 0 radical (unpaired) electrons. The third kappa shape index (κ3) is 9.70. The average Bonchev–Trinajstić information content (AvgIpc) is 3.69. The molecule has 1 aliphatic rings. The number of H-pyrrole nitrogens is 1. The molecule has 1 saturated carbocycles. The molecule has 1 aromatic heterocycles. The standard InChI is InChI=1S/C43H49N5O6/c1-27(2)54-43(53)39(49)37(22-28-12-4-3-5-13-28)47-42(52)38(24-32-25-44-26-45-32)48-41(51)35(23-31-18-10-16-29-14-6-8-19-33(29)31)40(50)46-36-21-11-17-30-15-7-9-20-34(30)36/h6-11,14-21,25-28,35,37-39,49H,3-5,12-13,22-24H2,1-2H3,(H,44,45)(H,46,50)(H,47,52)(H,48,51)/t35-,37-,38-,39-/m0/s1. The molecule has 11 heteroatoms. The van der Waals surface area contributed by atoms with Gasteiger partial charge < -0.3 is 30.8 Å². The Hall–Kier alpha value is -5.55. The van der Waals surface area contributed by atoms with Gasteiger partial charge in [-0.15, -0.1) is 0 Å². The van der Waals surface area contributed by atoms with Crippen LogP contribution in [0.25, 0.3) is 21.5 Å². The molecule has 1 aliphatic carbocycles. The van der Waals surface area contributed by atoms with Crippen molar-refractivity contribution in [2.24, 2.45) is 11.8 Å². The van der Waals surface area contributed by atoms with Crippen LogP contribution in [0.1, 0.15) is 63.6 Å². The van der Waals surface area contributed by atoms with E-state index < -0.39 is 53.9 Å². The van der Waals surface area contributed by atoms with Crippen LogP contribution in [0.15, 0.2) is 97.5 Å². The number of aromatic nitrogens is 2. The van der Waals surface area contributed by atoms with Crippen molar-refractivity contribution >= 4 is 50.9 Å². The first-order valence-electron chi connectivity index (χ1n) is 18.9. The number of carbonyl (C=O) groups excluding carboxylic acids is 4. The molecule has 3 amide bonds. The molecule has 282 valence electrons. The van der Waals surface area contributed by atoms with E-state index in [-0.39, 0.29) is 18.8 Å². The van der Waals surface area contributed by atoms with Crippen molar-refractivity contribution in [2.75, 3.05) is 5.32 Å². The minimum absolute atomic E-state index is 0.0200. The van der Waals surface area contributed by atoms with Crippen LogP contribution in [0.3, 0.4) is 0 Å². The van der Waals surface area contributed by atoms with Crippen molar-refractivity contribution < 1.29 is 29.0 Å². The fraction of sp³-hybridized carbons (Fsp3) is 0.372. The topological polar surface area (TPSA) is 163 Å². The van der Waals surface area contributed by atoms with E-state index in [2.05, 4.69) is 25.9 Å². The number of ether oxygens (including phenoxy) is 1. The molecule has 5 aromatic rings. The Balaban J connectivity index is 1.29. The second kappa shape index (κ2) is 18.0. The minimum Gasteiger partial charge on any atom is -0.461 e. The Morgan fingerprint density at radius 1 is 0.796 bits per heavy atom. The van der Waals surface area contributed by atoms with Gasteiger partial charge in [0.25, 0.3) is 0 Å². The number of carbonyl (C=O) groups is 4. The first-order valence-corrected chi connectivity index (χ1v) is 18.9. The van der Waals surface area contributed by atoms with E-state index in [0.717, 1.165) is 59.2 Å². The molecule has 4 aromatic carbocycles. The SMILES string of the molecule is CC(C)OC(=O)[C@@H](O)[C@H](CC1CCCCC1)NC(=O)[C@H](Cc1cnc[nH]1)NC(=O)[C@@H](Cc1cccc2ccccc12)C(=O)Nc1cccc2ccccc12. The second-order valence-electron chi connectivity index (χ2n) is 14.5. The molecule has 1 heterocycles. The van der Waals surface area contributed by atoms with Crippen molar-refractivity contribution in [3.63, 3.8) is 0 Å². The van der Waals surface area contributed by atoms with Crippen LogP contribution in [0.4, 0.5) is 5.69 Å². The summed E-state index contributed by atoms with van der Waals surface area (Å²) in [4.78, 5) is 63.0. The molecular formula is C43H49N5O6. The number of aromatic amines is 1. The number of rotatable bonds is 15. The number of fused-ring (bicyclic) bond motifs is 2. The number of hydrogen-bond donors (Lipinski definition) is 5. The lowest BCUT2D eigenvalue weighted by Gasteiger charge is -2.31. The lowest BCUT2D eigenvalue weighted by Crippen LogP contribution is -2.56. The zero-order valence-electron chi connectivity index (χ0n) is 30.8. The Labute approximate surface area is 315 Å². The summed E-state index contributed by atoms with van der Waals surface area (Å²) >= 11 is 0. The van der Waals surface area contributed by atoms with Crippen LogP contribution >= 0.6 is 0 Å². The molecule has 0 aliphatic heterocycles. The highest BCUT2D eigenvalue weighted by Crippen LogP contribution is 2.29. The second-order valence-corrected chi connectivity index (χ2v) is 14.5. The van der Waals surface area contributed by atoms with Crippen molar-refractivity contribution in [3.8, 4) is 0 Å². The van der Waals surface area contributed by atoms with Gasteiger partial charge in [0.15, 0.2) is 6.10 Å². The van der Waals surface area contributed by atoms with Crippen LogP contribution in [0.5, 0.6) is 0 Å². The Morgan fingerprint density at radius 3 is 2.17 bits per heavy atom. The van der Waals surface area contributed by atoms with Gasteiger partial charge in [0.1, 0.15) is 12.0 Å². The van der Waals surface area contributed by atoms with Crippen LogP contribution in [-0.2, 0) is 36.8 Å². The zero-order valence-corrected chi connectivity index (χ0v) is 30.8. The summed E-state index contributed by atoms with van der Waals surface area (Å²) in [5.41, 5.74) is 1.94. The highest BCUT2D eigenvalue weighted by molar-refractivity contribution is 6.11. The van der Waals surface area contributed by atoms with Crippen molar-refractivity contribution in [2.45, 2.75) is 89.5 Å². The summed E-state index contributed by atoms with van der Waals surface area (Å²) in [6.07, 6.45) is 6.48. The van der Waals surface area contributed by atoms with Gasteiger partial charge in [0, 0.05) is 29.4 Å². The van der Waals surface area contributed by atoms with E-state index in [9.17, 15) is 24.3 Å². The van der Waals surface area contributed by atoms with Crippen LogP contribution in [0, 0.1) is 11.8 Å². The van der Waals surface area contributed by atoms with Crippen molar-refractivity contribution in [3.05, 3.63) is 109 Å². The lowest BCUT2D eigenvalue weighted by atomic mass is 9.83. The number of nitrogens with one attached hydrogen (secondary N) is 4. The van der Waals surface area contributed by atoms with E-state index in [1.54, 1.807) is 26.1 Å². The number of benzene rings is 4. The van der Waals surface area contributed by atoms with Crippen LogP contribution in [0.2, 0.25) is 0 Å². The molecule has 0 unspecified atom stereocenters.